The van der Waals surface area contributed by atoms with Crippen LogP contribution in [0.15, 0.2) is 104 Å². The molecular formula is C43H53NO3. The average molecular weight is 632 g/mol. The van der Waals surface area contributed by atoms with E-state index < -0.39 is 0 Å². The van der Waals surface area contributed by atoms with Gasteiger partial charge in [-0.3, -0.25) is 9.78 Å². The molecule has 0 unspecified atom stereocenters. The molecule has 3 aromatic carbocycles. The molecule has 1 heterocycles. The van der Waals surface area contributed by atoms with Crippen molar-refractivity contribution in [3.8, 4) is 28.0 Å². The van der Waals surface area contributed by atoms with Gasteiger partial charge in [-0.2, -0.15) is 0 Å². The summed E-state index contributed by atoms with van der Waals surface area (Å²) in [5, 5.41) is 1.23. The molecule has 0 bridgehead atoms. The maximum Gasteiger partial charge on any atom is 0.306 e. The molecule has 0 atom stereocenters. The van der Waals surface area contributed by atoms with E-state index in [0.717, 1.165) is 50.0 Å². The first-order valence-electron chi connectivity index (χ1n) is 17.7. The Morgan fingerprint density at radius 1 is 0.745 bits per heavy atom. The highest BCUT2D eigenvalue weighted by molar-refractivity contribution is 5.96. The number of unbranched alkanes of at least 4 members (excludes halogenated alkanes) is 6. The van der Waals surface area contributed by atoms with Crippen molar-refractivity contribution in [3.63, 3.8) is 0 Å². The molecule has 0 fully saturated rings. The highest BCUT2D eigenvalue weighted by Gasteiger charge is 2.16. The molecule has 4 aromatic rings. The van der Waals surface area contributed by atoms with Crippen molar-refractivity contribution in [1.82, 2.24) is 4.98 Å². The predicted molar refractivity (Wildman–Crippen MR) is 198 cm³/mol. The van der Waals surface area contributed by atoms with Crippen LogP contribution in [0.25, 0.3) is 33.2 Å². The number of benzene rings is 3. The van der Waals surface area contributed by atoms with E-state index in [1.807, 2.05) is 6.20 Å². The Hall–Kier alpha value is -4.18. The van der Waals surface area contributed by atoms with Crippen LogP contribution in [0.4, 0.5) is 0 Å². The van der Waals surface area contributed by atoms with Crippen LogP contribution in [0.2, 0.25) is 0 Å². The number of hydrogen-bond acceptors (Lipinski definition) is 4. The van der Waals surface area contributed by atoms with Crippen molar-refractivity contribution in [3.05, 3.63) is 110 Å². The van der Waals surface area contributed by atoms with Crippen molar-refractivity contribution < 1.29 is 14.3 Å². The normalized spacial score (nSPS) is 11.2. The van der Waals surface area contributed by atoms with Gasteiger partial charge in [0.15, 0.2) is 0 Å². The molecule has 248 valence electrons. The third-order valence-corrected chi connectivity index (χ3v) is 8.93. The fourth-order valence-corrected chi connectivity index (χ4v) is 6.37. The number of nitrogens with zero attached hydrogens (tertiary/aromatic N) is 1. The Morgan fingerprint density at radius 3 is 1.98 bits per heavy atom. The zero-order valence-corrected chi connectivity index (χ0v) is 28.6. The fourth-order valence-electron chi connectivity index (χ4n) is 6.37. The summed E-state index contributed by atoms with van der Waals surface area (Å²) in [6.07, 6.45) is 17.6. The van der Waals surface area contributed by atoms with Crippen LogP contribution in [0.5, 0.6) is 5.75 Å². The van der Waals surface area contributed by atoms with E-state index in [9.17, 15) is 4.79 Å². The summed E-state index contributed by atoms with van der Waals surface area (Å²) in [5.41, 5.74) is 7.37. The van der Waals surface area contributed by atoms with Crippen LogP contribution in [0.1, 0.15) is 102 Å². The predicted octanol–water partition coefficient (Wildman–Crippen LogP) is 12.0. The lowest BCUT2D eigenvalue weighted by molar-refractivity contribution is -0.145. The first kappa shape index (κ1) is 35.7. The van der Waals surface area contributed by atoms with Gasteiger partial charge in [0.2, 0.25) is 0 Å². The number of fused-ring (bicyclic) bond motifs is 1. The van der Waals surface area contributed by atoms with E-state index in [1.165, 1.54) is 71.7 Å². The first-order chi connectivity index (χ1) is 23.1. The van der Waals surface area contributed by atoms with E-state index in [2.05, 4.69) is 99.8 Å². The number of rotatable bonds is 21. The molecule has 0 saturated heterocycles. The fraction of sp³-hybridized carbons (Fsp3) is 0.395. The summed E-state index contributed by atoms with van der Waals surface area (Å²) in [4.78, 5) is 16.7. The summed E-state index contributed by atoms with van der Waals surface area (Å²) < 4.78 is 11.3. The smallest absolute Gasteiger partial charge is 0.306 e. The highest BCUT2D eigenvalue weighted by Crippen LogP contribution is 2.36. The number of hydrogen-bond donors (Lipinski definition) is 0. The third kappa shape index (κ3) is 10.7. The Labute approximate surface area is 282 Å². The van der Waals surface area contributed by atoms with Gasteiger partial charge in [-0.05, 0) is 89.8 Å². The third-order valence-electron chi connectivity index (χ3n) is 8.93. The zero-order chi connectivity index (χ0) is 33.3. The number of carbonyl (C=O) groups excluding carboxylic acids is 1. The quantitative estimate of drug-likeness (QED) is 0.0521. The van der Waals surface area contributed by atoms with E-state index in [4.69, 9.17) is 14.5 Å². The minimum Gasteiger partial charge on any atom is -0.494 e. The van der Waals surface area contributed by atoms with Crippen LogP contribution in [0, 0.1) is 0 Å². The minimum absolute atomic E-state index is 0.177. The molecule has 0 radical (unpaired) electrons. The van der Waals surface area contributed by atoms with Gasteiger partial charge < -0.3 is 9.47 Å². The van der Waals surface area contributed by atoms with Crippen molar-refractivity contribution in [1.29, 1.82) is 0 Å². The lowest BCUT2D eigenvalue weighted by Crippen LogP contribution is -2.12. The number of carbonyl (C=O) groups is 1. The topological polar surface area (TPSA) is 48.4 Å². The Bertz CT molecular complexity index is 1530. The summed E-state index contributed by atoms with van der Waals surface area (Å²) in [5.74, 6) is 1.30. The molecule has 0 saturated carbocycles. The first-order valence-corrected chi connectivity index (χ1v) is 17.7. The molecule has 4 rings (SSSR count). The summed E-state index contributed by atoms with van der Waals surface area (Å²) in [6, 6.07) is 26.2. The monoisotopic (exact) mass is 631 g/mol. The van der Waals surface area contributed by atoms with Gasteiger partial charge in [0.1, 0.15) is 11.9 Å². The minimum atomic E-state index is -0.386. The van der Waals surface area contributed by atoms with E-state index in [-0.39, 0.29) is 12.1 Å². The van der Waals surface area contributed by atoms with Gasteiger partial charge in [-0.1, -0.05) is 127 Å². The SMILES string of the molecule is C=CC(C=C)OC(=O)CCCCCCCCCOc1ccc(-c2ccc(-c3ccnc4c(C(CCC)CCC)cccc34)cc2)cc1. The van der Waals surface area contributed by atoms with Crippen LogP contribution >= 0.6 is 0 Å². The van der Waals surface area contributed by atoms with Crippen molar-refractivity contribution >= 4 is 16.9 Å². The molecule has 4 heteroatoms. The maximum absolute atomic E-state index is 11.8. The van der Waals surface area contributed by atoms with Crippen molar-refractivity contribution in [2.75, 3.05) is 6.61 Å². The second-order valence-corrected chi connectivity index (χ2v) is 12.5. The molecule has 47 heavy (non-hydrogen) atoms. The molecule has 0 spiro atoms. The lowest BCUT2D eigenvalue weighted by atomic mass is 9.87. The molecule has 1 aromatic heterocycles. The molecule has 0 aliphatic carbocycles. The number of aromatic nitrogens is 1. The van der Waals surface area contributed by atoms with Crippen molar-refractivity contribution in [2.24, 2.45) is 0 Å². The summed E-state index contributed by atoms with van der Waals surface area (Å²) >= 11 is 0. The molecule has 0 amide bonds. The maximum atomic E-state index is 11.8. The average Bonchev–Trinajstić information content (AvgIpc) is 3.11. The van der Waals surface area contributed by atoms with E-state index >= 15 is 0 Å². The van der Waals surface area contributed by atoms with Crippen molar-refractivity contribution in [2.45, 2.75) is 103 Å². The lowest BCUT2D eigenvalue weighted by Gasteiger charge is -2.18. The van der Waals surface area contributed by atoms with Gasteiger partial charge >= 0.3 is 5.97 Å². The van der Waals surface area contributed by atoms with Gasteiger partial charge in [0.05, 0.1) is 12.1 Å². The Kier molecular flexibility index (Phi) is 14.8. The number of para-hydroxylation sites is 1. The number of ether oxygens (including phenoxy) is 2. The molecule has 0 N–H and O–H groups in total. The van der Waals surface area contributed by atoms with Gasteiger partial charge in [-0.15, -0.1) is 0 Å². The van der Waals surface area contributed by atoms with Gasteiger partial charge in [-0.25, -0.2) is 0 Å². The van der Waals surface area contributed by atoms with Crippen LogP contribution in [0.3, 0.4) is 0 Å². The summed E-state index contributed by atoms with van der Waals surface area (Å²) in [6.45, 7) is 12.6. The largest absolute Gasteiger partial charge is 0.494 e. The number of pyridine rings is 1. The van der Waals surface area contributed by atoms with Crippen LogP contribution in [-0.4, -0.2) is 23.7 Å². The standard InChI is InChI=1S/C43H53NO3/c1-5-17-35(18-6-2)40-19-16-20-41-39(30-31-44-43(40)41)36-24-22-33(23-25-36)34-26-28-38(29-27-34)46-32-15-13-11-9-10-12-14-21-42(45)47-37(7-3)8-4/h7-8,16,19-20,22-31,35,37H,3-6,9-15,17-18,21,32H2,1-2H3. The Morgan fingerprint density at radius 2 is 1.34 bits per heavy atom. The molecule has 0 aliphatic rings. The van der Waals surface area contributed by atoms with Gasteiger partial charge in [0.25, 0.3) is 0 Å². The molecular weight excluding hydrogens is 578 g/mol. The number of esters is 1. The zero-order valence-electron chi connectivity index (χ0n) is 28.6. The van der Waals surface area contributed by atoms with E-state index in [0.29, 0.717) is 12.3 Å². The second-order valence-electron chi connectivity index (χ2n) is 12.5. The molecule has 4 nitrogen and oxygen atoms in total. The summed E-state index contributed by atoms with van der Waals surface area (Å²) in [7, 11) is 0. The van der Waals surface area contributed by atoms with Crippen LogP contribution < -0.4 is 4.74 Å². The highest BCUT2D eigenvalue weighted by atomic mass is 16.5. The molecule has 0 aliphatic heterocycles. The van der Waals surface area contributed by atoms with E-state index in [1.54, 1.807) is 12.2 Å². The van der Waals surface area contributed by atoms with Gasteiger partial charge in [0, 0.05) is 18.0 Å². The second kappa shape index (κ2) is 19.5. The van der Waals surface area contributed by atoms with Crippen LogP contribution in [-0.2, 0) is 9.53 Å². The Balaban J connectivity index is 1.21.